The van der Waals surface area contributed by atoms with Crippen molar-refractivity contribution in [2.24, 2.45) is 18.9 Å². The maximum absolute atomic E-state index is 6.22. The van der Waals surface area contributed by atoms with Crippen LogP contribution in [0, 0.1) is 18.8 Å². The van der Waals surface area contributed by atoms with Gasteiger partial charge in [0.05, 0.1) is 16.4 Å². The van der Waals surface area contributed by atoms with Gasteiger partial charge in [-0.3, -0.25) is 4.68 Å². The molecule has 0 aromatic carbocycles. The summed E-state index contributed by atoms with van der Waals surface area (Å²) in [7, 11) is 1.94. The molecule has 1 aliphatic carbocycles. The molecule has 0 saturated heterocycles. The standard InChI is InChI=1S/C13H21Cl2N3/c1-9-13(15)12(18(2)17-9)8-16-7-11-5-3-4-10(11)6-14/h10-11,16H,3-8H2,1-2H3. The minimum atomic E-state index is 0.683. The van der Waals surface area contributed by atoms with E-state index in [-0.39, 0.29) is 0 Å². The monoisotopic (exact) mass is 289 g/mol. The van der Waals surface area contributed by atoms with Gasteiger partial charge in [-0.15, -0.1) is 11.6 Å². The summed E-state index contributed by atoms with van der Waals surface area (Å²) < 4.78 is 1.86. The van der Waals surface area contributed by atoms with Gasteiger partial charge in [0, 0.05) is 19.5 Å². The molecule has 2 rings (SSSR count). The molecule has 2 atom stereocenters. The van der Waals surface area contributed by atoms with Gasteiger partial charge in [0.25, 0.3) is 0 Å². The summed E-state index contributed by atoms with van der Waals surface area (Å²) >= 11 is 12.2. The minimum Gasteiger partial charge on any atom is -0.311 e. The highest BCUT2D eigenvalue weighted by Crippen LogP contribution is 2.32. The predicted octanol–water partition coefficient (Wildman–Crippen LogP) is 3.13. The van der Waals surface area contributed by atoms with Crippen LogP contribution in [0.1, 0.15) is 30.7 Å². The molecule has 1 N–H and O–H groups in total. The maximum atomic E-state index is 6.22. The topological polar surface area (TPSA) is 29.9 Å². The average molecular weight is 290 g/mol. The number of aryl methyl sites for hydroxylation is 2. The second kappa shape index (κ2) is 6.27. The van der Waals surface area contributed by atoms with Crippen LogP contribution in [0.4, 0.5) is 0 Å². The third-order valence-corrected chi connectivity index (χ3v) is 4.86. The van der Waals surface area contributed by atoms with Gasteiger partial charge in [-0.2, -0.15) is 5.10 Å². The summed E-state index contributed by atoms with van der Waals surface area (Å²) in [5, 5.41) is 8.60. The van der Waals surface area contributed by atoms with Crippen molar-refractivity contribution in [3.63, 3.8) is 0 Å². The normalized spacial score (nSPS) is 23.8. The molecule has 5 heteroatoms. The fourth-order valence-corrected chi connectivity index (χ4v) is 3.47. The van der Waals surface area contributed by atoms with E-state index in [4.69, 9.17) is 23.2 Å². The van der Waals surface area contributed by atoms with E-state index in [2.05, 4.69) is 10.4 Å². The highest BCUT2D eigenvalue weighted by atomic mass is 35.5. The van der Waals surface area contributed by atoms with E-state index < -0.39 is 0 Å². The number of alkyl halides is 1. The van der Waals surface area contributed by atoms with E-state index >= 15 is 0 Å². The molecule has 3 nitrogen and oxygen atoms in total. The summed E-state index contributed by atoms with van der Waals surface area (Å²) in [6.07, 6.45) is 3.89. The minimum absolute atomic E-state index is 0.683. The zero-order chi connectivity index (χ0) is 13.1. The van der Waals surface area contributed by atoms with Gasteiger partial charge in [-0.1, -0.05) is 18.0 Å². The Kier molecular flexibility index (Phi) is 4.93. The maximum Gasteiger partial charge on any atom is 0.0860 e. The molecule has 0 spiro atoms. The second-order valence-electron chi connectivity index (χ2n) is 5.21. The smallest absolute Gasteiger partial charge is 0.0860 e. The number of rotatable bonds is 5. The summed E-state index contributed by atoms with van der Waals surface area (Å²) in [5.74, 6) is 2.19. The quantitative estimate of drug-likeness (QED) is 0.844. The average Bonchev–Trinajstić information content (AvgIpc) is 2.89. The Morgan fingerprint density at radius 1 is 1.39 bits per heavy atom. The fourth-order valence-electron chi connectivity index (χ4n) is 2.83. The van der Waals surface area contributed by atoms with Gasteiger partial charge in [0.2, 0.25) is 0 Å². The molecule has 1 fully saturated rings. The molecular weight excluding hydrogens is 269 g/mol. The van der Waals surface area contributed by atoms with Gasteiger partial charge < -0.3 is 5.32 Å². The van der Waals surface area contributed by atoms with Crippen LogP contribution in [0.5, 0.6) is 0 Å². The first kappa shape index (κ1) is 14.2. The predicted molar refractivity (Wildman–Crippen MR) is 76.2 cm³/mol. The largest absolute Gasteiger partial charge is 0.311 e. The molecule has 0 radical (unpaired) electrons. The molecule has 1 aromatic rings. The second-order valence-corrected chi connectivity index (χ2v) is 5.89. The highest BCUT2D eigenvalue weighted by Gasteiger charge is 2.26. The lowest BCUT2D eigenvalue weighted by atomic mass is 9.98. The lowest BCUT2D eigenvalue weighted by molar-refractivity contribution is 0.393. The van der Waals surface area contributed by atoms with Crippen molar-refractivity contribution in [1.82, 2.24) is 15.1 Å². The van der Waals surface area contributed by atoms with E-state index in [9.17, 15) is 0 Å². The van der Waals surface area contributed by atoms with Crippen molar-refractivity contribution in [2.45, 2.75) is 32.7 Å². The third-order valence-electron chi connectivity index (χ3n) is 3.98. The number of aromatic nitrogens is 2. The van der Waals surface area contributed by atoms with Gasteiger partial charge in [-0.25, -0.2) is 0 Å². The van der Waals surface area contributed by atoms with Crippen LogP contribution in [0.25, 0.3) is 0 Å². The summed E-state index contributed by atoms with van der Waals surface area (Å²) in [6, 6.07) is 0. The first-order valence-electron chi connectivity index (χ1n) is 6.58. The number of hydrogen-bond donors (Lipinski definition) is 1. The van der Waals surface area contributed by atoms with E-state index in [0.717, 1.165) is 41.3 Å². The molecule has 102 valence electrons. The SMILES string of the molecule is Cc1nn(C)c(CNCC2CCCC2CCl)c1Cl. The molecule has 0 aliphatic heterocycles. The number of nitrogens with zero attached hydrogens (tertiary/aromatic N) is 2. The Morgan fingerprint density at radius 3 is 2.72 bits per heavy atom. The van der Waals surface area contributed by atoms with Crippen LogP contribution in [-0.4, -0.2) is 22.2 Å². The molecule has 1 heterocycles. The van der Waals surface area contributed by atoms with Crippen molar-refractivity contribution in [3.05, 3.63) is 16.4 Å². The third kappa shape index (κ3) is 3.01. The van der Waals surface area contributed by atoms with Crippen LogP contribution in [-0.2, 0) is 13.6 Å². The number of nitrogens with one attached hydrogen (secondary N) is 1. The van der Waals surface area contributed by atoms with Crippen molar-refractivity contribution in [2.75, 3.05) is 12.4 Å². The Bertz CT molecular complexity index is 403. The van der Waals surface area contributed by atoms with E-state index in [1.54, 1.807) is 0 Å². The highest BCUT2D eigenvalue weighted by molar-refractivity contribution is 6.31. The van der Waals surface area contributed by atoms with Crippen molar-refractivity contribution >= 4 is 23.2 Å². The Balaban J connectivity index is 1.85. The molecule has 18 heavy (non-hydrogen) atoms. The van der Waals surface area contributed by atoms with Crippen LogP contribution in [0.2, 0.25) is 5.02 Å². The van der Waals surface area contributed by atoms with Crippen LogP contribution < -0.4 is 5.32 Å². The van der Waals surface area contributed by atoms with E-state index in [0.29, 0.717) is 5.92 Å². The molecule has 1 aromatic heterocycles. The summed E-state index contributed by atoms with van der Waals surface area (Å²) in [5.41, 5.74) is 1.96. The van der Waals surface area contributed by atoms with Gasteiger partial charge >= 0.3 is 0 Å². The lowest BCUT2D eigenvalue weighted by Crippen LogP contribution is -2.26. The molecule has 1 saturated carbocycles. The first-order chi connectivity index (χ1) is 8.63. The van der Waals surface area contributed by atoms with E-state index in [1.807, 2.05) is 18.7 Å². The van der Waals surface area contributed by atoms with Crippen molar-refractivity contribution < 1.29 is 0 Å². The first-order valence-corrected chi connectivity index (χ1v) is 7.49. The van der Waals surface area contributed by atoms with Crippen LogP contribution in [0.3, 0.4) is 0 Å². The van der Waals surface area contributed by atoms with Gasteiger partial charge in [-0.05, 0) is 38.1 Å². The molecular formula is C13H21Cl2N3. The van der Waals surface area contributed by atoms with E-state index in [1.165, 1.54) is 19.3 Å². The molecule has 2 unspecified atom stereocenters. The lowest BCUT2D eigenvalue weighted by Gasteiger charge is -2.17. The Hall–Kier alpha value is -0.250. The molecule has 0 amide bonds. The van der Waals surface area contributed by atoms with Gasteiger partial charge in [0.15, 0.2) is 0 Å². The molecule has 0 bridgehead atoms. The fraction of sp³-hybridized carbons (Fsp3) is 0.769. The zero-order valence-corrected chi connectivity index (χ0v) is 12.6. The van der Waals surface area contributed by atoms with Crippen molar-refractivity contribution in [3.8, 4) is 0 Å². The number of halogens is 2. The summed E-state index contributed by atoms with van der Waals surface area (Å²) in [6.45, 7) is 3.74. The Morgan fingerprint density at radius 2 is 2.11 bits per heavy atom. The number of hydrogen-bond acceptors (Lipinski definition) is 2. The summed E-state index contributed by atoms with van der Waals surface area (Å²) in [4.78, 5) is 0. The Labute approximate surface area is 119 Å². The van der Waals surface area contributed by atoms with Crippen molar-refractivity contribution in [1.29, 1.82) is 0 Å². The van der Waals surface area contributed by atoms with Gasteiger partial charge in [0.1, 0.15) is 0 Å². The molecule has 1 aliphatic rings. The van der Waals surface area contributed by atoms with Crippen LogP contribution >= 0.6 is 23.2 Å². The zero-order valence-electron chi connectivity index (χ0n) is 11.0. The van der Waals surface area contributed by atoms with Crippen LogP contribution in [0.15, 0.2) is 0 Å².